The molecule has 0 aromatic carbocycles. The number of halogens is 2. The van der Waals surface area contributed by atoms with Crippen molar-refractivity contribution in [3.05, 3.63) is 49.5 Å². The molecule has 84 valence electrons. The van der Waals surface area contributed by atoms with Crippen LogP contribution in [0, 0.1) is 0 Å². The van der Waals surface area contributed by atoms with E-state index in [0.29, 0.717) is 11.0 Å². The number of hydrogen-bond acceptors (Lipinski definition) is 2. The molecule has 0 fully saturated rings. The minimum Gasteiger partial charge on any atom is -0.309 e. The summed E-state index contributed by atoms with van der Waals surface area (Å²) in [5, 5.41) is 4.07. The minimum absolute atomic E-state index is 0.0490. The van der Waals surface area contributed by atoms with Gasteiger partial charge in [0.05, 0.1) is 17.2 Å². The van der Waals surface area contributed by atoms with Crippen LogP contribution in [0.1, 0.15) is 5.56 Å². The zero-order chi connectivity index (χ0) is 11.7. The summed E-state index contributed by atoms with van der Waals surface area (Å²) in [6, 6.07) is 1.74. The van der Waals surface area contributed by atoms with Gasteiger partial charge in [0.25, 0.3) is 5.56 Å². The van der Waals surface area contributed by atoms with E-state index in [0.717, 1.165) is 10.0 Å². The molecule has 0 N–H and O–H groups in total. The Hall–Kier alpha value is -0.880. The van der Waals surface area contributed by atoms with Crippen molar-refractivity contribution >= 4 is 31.9 Å². The quantitative estimate of drug-likeness (QED) is 0.835. The Balaban J connectivity index is 2.38. The van der Waals surface area contributed by atoms with E-state index in [1.165, 1.54) is 0 Å². The van der Waals surface area contributed by atoms with Crippen LogP contribution in [0.25, 0.3) is 0 Å². The topological polar surface area (TPSA) is 39.8 Å². The molecule has 0 amide bonds. The van der Waals surface area contributed by atoms with Crippen molar-refractivity contribution in [2.24, 2.45) is 7.05 Å². The Morgan fingerprint density at radius 3 is 2.75 bits per heavy atom. The number of aromatic nitrogens is 3. The molecule has 2 aromatic heterocycles. The van der Waals surface area contributed by atoms with Crippen LogP contribution in [0.15, 0.2) is 38.4 Å². The maximum absolute atomic E-state index is 11.8. The van der Waals surface area contributed by atoms with Crippen molar-refractivity contribution in [2.45, 2.75) is 6.54 Å². The lowest BCUT2D eigenvalue weighted by Crippen LogP contribution is -2.20. The highest BCUT2D eigenvalue weighted by Gasteiger charge is 2.04. The van der Waals surface area contributed by atoms with Crippen LogP contribution in [0.5, 0.6) is 0 Å². The fourth-order valence-electron chi connectivity index (χ4n) is 1.43. The third-order valence-electron chi connectivity index (χ3n) is 2.12. The van der Waals surface area contributed by atoms with E-state index in [-0.39, 0.29) is 5.56 Å². The van der Waals surface area contributed by atoms with Crippen molar-refractivity contribution < 1.29 is 0 Å². The first-order valence-corrected chi connectivity index (χ1v) is 6.18. The molecule has 6 heteroatoms. The zero-order valence-corrected chi connectivity index (χ0v) is 11.7. The molecule has 16 heavy (non-hydrogen) atoms. The molecule has 0 unspecified atom stereocenters. The van der Waals surface area contributed by atoms with Gasteiger partial charge in [-0.05, 0) is 37.9 Å². The first-order chi connectivity index (χ1) is 7.56. The molecule has 2 heterocycles. The van der Waals surface area contributed by atoms with Crippen LogP contribution in [0.2, 0.25) is 0 Å². The van der Waals surface area contributed by atoms with Gasteiger partial charge in [-0.1, -0.05) is 0 Å². The Kier molecular flexibility index (Phi) is 3.30. The van der Waals surface area contributed by atoms with Crippen molar-refractivity contribution in [3.8, 4) is 0 Å². The maximum atomic E-state index is 11.8. The van der Waals surface area contributed by atoms with Gasteiger partial charge in [-0.2, -0.15) is 5.10 Å². The van der Waals surface area contributed by atoms with Crippen molar-refractivity contribution in [1.29, 1.82) is 0 Å². The van der Waals surface area contributed by atoms with Gasteiger partial charge in [0.1, 0.15) is 0 Å². The molecule has 2 rings (SSSR count). The minimum atomic E-state index is -0.0490. The van der Waals surface area contributed by atoms with Gasteiger partial charge in [0, 0.05) is 29.5 Å². The molecule has 0 bridgehead atoms. The highest BCUT2D eigenvalue weighted by Crippen LogP contribution is 2.13. The first kappa shape index (κ1) is 11.6. The normalized spacial score (nSPS) is 10.7. The summed E-state index contributed by atoms with van der Waals surface area (Å²) >= 11 is 6.59. The first-order valence-electron chi connectivity index (χ1n) is 4.59. The van der Waals surface area contributed by atoms with E-state index in [4.69, 9.17) is 0 Å². The molecule has 0 saturated carbocycles. The van der Waals surface area contributed by atoms with Crippen molar-refractivity contribution in [1.82, 2.24) is 14.3 Å². The molecular weight excluding hydrogens is 338 g/mol. The molecule has 0 aliphatic heterocycles. The largest absolute Gasteiger partial charge is 0.309 e. The third-order valence-corrected chi connectivity index (χ3v) is 3.12. The van der Waals surface area contributed by atoms with Gasteiger partial charge in [-0.25, -0.2) is 0 Å². The second-order valence-corrected chi connectivity index (χ2v) is 5.23. The van der Waals surface area contributed by atoms with E-state index in [1.54, 1.807) is 27.7 Å². The molecule has 2 aromatic rings. The van der Waals surface area contributed by atoms with Crippen LogP contribution in [0.4, 0.5) is 0 Å². The van der Waals surface area contributed by atoms with Gasteiger partial charge in [-0.15, -0.1) is 0 Å². The average Bonchev–Trinajstić information content (AvgIpc) is 2.60. The second-order valence-electron chi connectivity index (χ2n) is 3.46. The summed E-state index contributed by atoms with van der Waals surface area (Å²) in [6.45, 7) is 0.519. The summed E-state index contributed by atoms with van der Waals surface area (Å²) in [6.07, 6.45) is 5.41. The Morgan fingerprint density at radius 1 is 1.38 bits per heavy atom. The Labute approximate surface area is 109 Å². The number of rotatable bonds is 2. The predicted molar refractivity (Wildman–Crippen MR) is 68.4 cm³/mol. The molecule has 0 radical (unpaired) electrons. The molecule has 0 aliphatic rings. The van der Waals surface area contributed by atoms with E-state index >= 15 is 0 Å². The Morgan fingerprint density at radius 2 is 2.12 bits per heavy atom. The summed E-state index contributed by atoms with van der Waals surface area (Å²) in [4.78, 5) is 11.8. The average molecular weight is 347 g/mol. The monoisotopic (exact) mass is 345 g/mol. The van der Waals surface area contributed by atoms with Crippen LogP contribution in [-0.2, 0) is 13.6 Å². The van der Waals surface area contributed by atoms with Crippen molar-refractivity contribution in [2.75, 3.05) is 0 Å². The lowest BCUT2D eigenvalue weighted by Gasteiger charge is -2.05. The third kappa shape index (κ3) is 2.44. The van der Waals surface area contributed by atoms with Gasteiger partial charge < -0.3 is 4.57 Å². The molecule has 4 nitrogen and oxygen atoms in total. The number of hydrogen-bond donors (Lipinski definition) is 0. The fraction of sp³-hybridized carbons (Fsp3) is 0.200. The van der Waals surface area contributed by atoms with Crippen LogP contribution in [0.3, 0.4) is 0 Å². The molecular formula is C10H9Br2N3O. The Bertz CT molecular complexity index is 574. The van der Waals surface area contributed by atoms with Crippen LogP contribution in [-0.4, -0.2) is 14.3 Å². The molecule has 0 saturated heterocycles. The van der Waals surface area contributed by atoms with Gasteiger partial charge >= 0.3 is 0 Å². The summed E-state index contributed by atoms with van der Waals surface area (Å²) in [5.74, 6) is 0. The second kappa shape index (κ2) is 4.55. The van der Waals surface area contributed by atoms with Crippen molar-refractivity contribution in [3.63, 3.8) is 0 Å². The van der Waals surface area contributed by atoms with E-state index < -0.39 is 0 Å². The van der Waals surface area contributed by atoms with E-state index in [2.05, 4.69) is 37.0 Å². The summed E-state index contributed by atoms with van der Waals surface area (Å²) in [7, 11) is 1.85. The summed E-state index contributed by atoms with van der Waals surface area (Å²) < 4.78 is 4.76. The number of aryl methyl sites for hydroxylation is 1. The maximum Gasteiger partial charge on any atom is 0.265 e. The number of nitrogens with zero attached hydrogens (tertiary/aromatic N) is 3. The van der Waals surface area contributed by atoms with Crippen LogP contribution < -0.4 is 5.56 Å². The highest BCUT2D eigenvalue weighted by atomic mass is 79.9. The zero-order valence-electron chi connectivity index (χ0n) is 8.52. The van der Waals surface area contributed by atoms with E-state index in [9.17, 15) is 4.79 Å². The lowest BCUT2D eigenvalue weighted by molar-refractivity contribution is 0.744. The van der Waals surface area contributed by atoms with Crippen LogP contribution >= 0.6 is 31.9 Å². The number of pyridine rings is 1. The highest BCUT2D eigenvalue weighted by molar-refractivity contribution is 9.11. The molecule has 0 aliphatic carbocycles. The fourth-order valence-corrected chi connectivity index (χ4v) is 2.69. The lowest BCUT2D eigenvalue weighted by atomic mass is 10.3. The SMILES string of the molecule is Cn1cc(Cn2cc(Br)cc(Br)c2=O)cn1. The van der Waals surface area contributed by atoms with Gasteiger partial charge in [-0.3, -0.25) is 9.48 Å². The van der Waals surface area contributed by atoms with Gasteiger partial charge in [0.2, 0.25) is 0 Å². The van der Waals surface area contributed by atoms with E-state index in [1.807, 2.05) is 13.2 Å². The molecule has 0 atom stereocenters. The predicted octanol–water partition coefficient (Wildman–Crippen LogP) is 2.16. The molecule has 0 spiro atoms. The summed E-state index contributed by atoms with van der Waals surface area (Å²) in [5.41, 5.74) is 0.946. The van der Waals surface area contributed by atoms with Gasteiger partial charge in [0.15, 0.2) is 0 Å². The standard InChI is InChI=1S/C10H9Br2N3O/c1-14-4-7(3-13-14)5-15-6-8(11)2-9(12)10(15)16/h2-4,6H,5H2,1H3. The smallest absolute Gasteiger partial charge is 0.265 e.